The van der Waals surface area contributed by atoms with E-state index in [1.165, 1.54) is 6.08 Å². The van der Waals surface area contributed by atoms with Gasteiger partial charge in [0.1, 0.15) is 12.3 Å². The van der Waals surface area contributed by atoms with E-state index >= 15 is 0 Å². The molecule has 1 aromatic heterocycles. The van der Waals surface area contributed by atoms with Crippen LogP contribution in [0.25, 0.3) is 6.08 Å². The van der Waals surface area contributed by atoms with Gasteiger partial charge in [-0.1, -0.05) is 12.1 Å². The minimum absolute atomic E-state index is 0.162. The molecule has 0 aliphatic carbocycles. The second-order valence-electron chi connectivity index (χ2n) is 6.82. The average molecular weight is 463 g/mol. The quantitative estimate of drug-likeness (QED) is 0.493. The van der Waals surface area contributed by atoms with Gasteiger partial charge in [-0.05, 0) is 60.0 Å². The number of imide groups is 1. The lowest BCUT2D eigenvalue weighted by Crippen LogP contribution is -2.40. The first-order valence-corrected chi connectivity index (χ1v) is 10.6. The lowest BCUT2D eigenvalue weighted by Gasteiger charge is -2.18. The lowest BCUT2D eigenvalue weighted by molar-refractivity contribution is -0.135. The summed E-state index contributed by atoms with van der Waals surface area (Å²) in [5.41, 5.74) is 0.550. The first-order chi connectivity index (χ1) is 14.9. The fourth-order valence-corrected chi connectivity index (χ4v) is 4.14. The average Bonchev–Trinajstić information content (AvgIpc) is 3.36. The maximum Gasteiger partial charge on any atom is 0.294 e. The Morgan fingerprint density at radius 1 is 1.29 bits per heavy atom. The number of ether oxygens (including phenoxy) is 1. The number of benzene rings is 1. The largest absolute Gasteiger partial charge is 0.436 e. The van der Waals surface area contributed by atoms with Crippen molar-refractivity contribution in [2.24, 2.45) is 0 Å². The van der Waals surface area contributed by atoms with Crippen LogP contribution in [0, 0.1) is 5.82 Å². The number of nitrogens with zero attached hydrogens (tertiary/aromatic N) is 4. The molecule has 160 valence electrons. The number of hydrogen-bond acceptors (Lipinski definition) is 7. The van der Waals surface area contributed by atoms with Crippen LogP contribution in [0.4, 0.5) is 9.18 Å². The molecule has 4 rings (SSSR count). The van der Waals surface area contributed by atoms with Crippen molar-refractivity contribution in [2.45, 2.75) is 12.8 Å². The van der Waals surface area contributed by atoms with Gasteiger partial charge in [0.2, 0.25) is 17.0 Å². The maximum atomic E-state index is 13.8. The number of hydrogen-bond donors (Lipinski definition) is 0. The predicted octanol–water partition coefficient (Wildman–Crippen LogP) is 3.72. The molecule has 0 N–H and O–H groups in total. The molecule has 0 spiro atoms. The normalized spacial score (nSPS) is 17.7. The lowest BCUT2D eigenvalue weighted by atomic mass is 10.2. The minimum Gasteiger partial charge on any atom is -0.436 e. The fourth-order valence-electron chi connectivity index (χ4n) is 3.17. The van der Waals surface area contributed by atoms with Crippen LogP contribution in [0.15, 0.2) is 35.4 Å². The van der Waals surface area contributed by atoms with Gasteiger partial charge >= 0.3 is 0 Å². The third-order valence-electron chi connectivity index (χ3n) is 4.68. The van der Waals surface area contributed by atoms with E-state index < -0.39 is 17.0 Å². The summed E-state index contributed by atoms with van der Waals surface area (Å²) in [7, 11) is 0. The highest BCUT2D eigenvalue weighted by Gasteiger charge is 2.37. The van der Waals surface area contributed by atoms with Crippen LogP contribution in [-0.2, 0) is 9.59 Å². The van der Waals surface area contributed by atoms with Crippen molar-refractivity contribution in [3.63, 3.8) is 0 Å². The first kappa shape index (κ1) is 21.3. The molecule has 2 aliphatic heterocycles. The van der Waals surface area contributed by atoms with E-state index in [1.54, 1.807) is 29.2 Å². The van der Waals surface area contributed by atoms with E-state index in [2.05, 4.69) is 9.97 Å². The van der Waals surface area contributed by atoms with Crippen molar-refractivity contribution in [2.75, 3.05) is 19.6 Å². The molecule has 11 heteroatoms. The van der Waals surface area contributed by atoms with Gasteiger partial charge in [-0.2, -0.15) is 9.37 Å². The van der Waals surface area contributed by atoms with Crippen LogP contribution < -0.4 is 4.74 Å². The zero-order valence-electron chi connectivity index (χ0n) is 16.1. The highest BCUT2D eigenvalue weighted by molar-refractivity contribution is 8.18. The minimum atomic E-state index is -0.779. The van der Waals surface area contributed by atoms with Crippen LogP contribution in [0.3, 0.4) is 0 Å². The summed E-state index contributed by atoms with van der Waals surface area (Å²) < 4.78 is 19.2. The Bertz CT molecular complexity index is 1090. The molecule has 31 heavy (non-hydrogen) atoms. The van der Waals surface area contributed by atoms with E-state index in [0.29, 0.717) is 18.7 Å². The summed E-state index contributed by atoms with van der Waals surface area (Å²) >= 11 is 6.43. The van der Waals surface area contributed by atoms with Crippen molar-refractivity contribution < 1.29 is 23.5 Å². The number of carbonyl (C=O) groups excluding carboxylic acids is 3. The Morgan fingerprint density at radius 2 is 2.06 bits per heavy atom. The summed E-state index contributed by atoms with van der Waals surface area (Å²) in [6, 6.07) is 6.47. The highest BCUT2D eigenvalue weighted by Crippen LogP contribution is 2.33. The standard InChI is InChI=1S/C20H16ClFN4O4S/c21-19-23-10-14(22)17(24-19)30-13-5-3-4-12(8-13)9-15-18(28)26(20(29)31-15)11-16(27)25-6-1-2-7-25/h3-5,8-10H,1-2,6-7,11H2/b15-9+. The van der Waals surface area contributed by atoms with Crippen LogP contribution in [0.1, 0.15) is 18.4 Å². The monoisotopic (exact) mass is 462 g/mol. The van der Waals surface area contributed by atoms with Gasteiger partial charge < -0.3 is 9.64 Å². The summed E-state index contributed by atoms with van der Waals surface area (Å²) in [6.45, 7) is 1.03. The first-order valence-electron chi connectivity index (χ1n) is 9.40. The molecule has 0 bridgehead atoms. The molecule has 1 aromatic carbocycles. The zero-order valence-corrected chi connectivity index (χ0v) is 17.7. The van der Waals surface area contributed by atoms with E-state index in [0.717, 1.165) is 35.7 Å². The third-order valence-corrected chi connectivity index (χ3v) is 5.77. The smallest absolute Gasteiger partial charge is 0.294 e. The molecular weight excluding hydrogens is 447 g/mol. The molecule has 2 aromatic rings. The highest BCUT2D eigenvalue weighted by atomic mass is 35.5. The Kier molecular flexibility index (Phi) is 6.19. The van der Waals surface area contributed by atoms with Crippen LogP contribution >= 0.6 is 23.4 Å². The van der Waals surface area contributed by atoms with Crippen molar-refractivity contribution in [3.8, 4) is 11.6 Å². The van der Waals surface area contributed by atoms with Crippen molar-refractivity contribution in [1.29, 1.82) is 0 Å². The third kappa shape index (κ3) is 4.86. The molecule has 0 radical (unpaired) electrons. The van der Waals surface area contributed by atoms with Crippen LogP contribution in [-0.4, -0.2) is 56.5 Å². The van der Waals surface area contributed by atoms with Gasteiger partial charge in [0.15, 0.2) is 0 Å². The van der Waals surface area contributed by atoms with Gasteiger partial charge in [0, 0.05) is 13.1 Å². The summed E-state index contributed by atoms with van der Waals surface area (Å²) in [4.78, 5) is 47.3. The Hall–Kier alpha value is -2.98. The molecule has 2 fully saturated rings. The van der Waals surface area contributed by atoms with Gasteiger partial charge in [-0.15, -0.1) is 0 Å². The number of aromatic nitrogens is 2. The fraction of sp³-hybridized carbons (Fsp3) is 0.250. The van der Waals surface area contributed by atoms with E-state index in [9.17, 15) is 18.8 Å². The number of halogens is 2. The van der Waals surface area contributed by atoms with E-state index in [1.807, 2.05) is 0 Å². The Balaban J connectivity index is 1.49. The summed E-state index contributed by atoms with van der Waals surface area (Å²) in [5.74, 6) is -1.62. The molecule has 3 heterocycles. The van der Waals surface area contributed by atoms with Gasteiger partial charge in [0.05, 0.1) is 11.1 Å². The number of likely N-dealkylation sites (tertiary alicyclic amines) is 1. The van der Waals surface area contributed by atoms with Crippen LogP contribution in [0.5, 0.6) is 11.6 Å². The van der Waals surface area contributed by atoms with Crippen LogP contribution in [0.2, 0.25) is 5.28 Å². The maximum absolute atomic E-state index is 13.8. The second-order valence-corrected chi connectivity index (χ2v) is 8.15. The molecular formula is C20H16ClFN4O4S. The molecule has 0 unspecified atom stereocenters. The number of carbonyl (C=O) groups is 3. The second kappa shape index (κ2) is 9.03. The predicted molar refractivity (Wildman–Crippen MR) is 112 cm³/mol. The summed E-state index contributed by atoms with van der Waals surface area (Å²) in [5, 5.41) is -0.654. The molecule has 2 saturated heterocycles. The molecule has 8 nitrogen and oxygen atoms in total. The van der Waals surface area contributed by atoms with Gasteiger partial charge in [-0.25, -0.2) is 4.98 Å². The Morgan fingerprint density at radius 3 is 2.84 bits per heavy atom. The van der Waals surface area contributed by atoms with Crippen molar-refractivity contribution in [1.82, 2.24) is 19.8 Å². The van der Waals surface area contributed by atoms with E-state index in [-0.39, 0.29) is 34.3 Å². The van der Waals surface area contributed by atoms with Crippen molar-refractivity contribution in [3.05, 3.63) is 52.0 Å². The summed E-state index contributed by atoms with van der Waals surface area (Å²) in [6.07, 6.45) is 4.27. The van der Waals surface area contributed by atoms with E-state index in [4.69, 9.17) is 16.3 Å². The number of rotatable bonds is 5. The van der Waals surface area contributed by atoms with Crippen molar-refractivity contribution >= 4 is 46.5 Å². The Labute approximate surface area is 186 Å². The number of amides is 3. The van der Waals surface area contributed by atoms with Gasteiger partial charge in [0.25, 0.3) is 17.0 Å². The zero-order chi connectivity index (χ0) is 22.0. The SMILES string of the molecule is O=C(CN1C(=O)S/C(=C/c2cccc(Oc3nc(Cl)ncc3F)c2)C1=O)N1CCCC1. The topological polar surface area (TPSA) is 92.7 Å². The molecule has 2 aliphatic rings. The van der Waals surface area contributed by atoms with Gasteiger partial charge in [-0.3, -0.25) is 19.3 Å². The molecule has 0 saturated carbocycles. The molecule has 0 atom stereocenters. The number of thioether (sulfide) groups is 1. The molecule has 3 amide bonds.